The predicted octanol–water partition coefficient (Wildman–Crippen LogP) is 4.28. The summed E-state index contributed by atoms with van der Waals surface area (Å²) in [6.07, 6.45) is 6.09. The molecule has 0 saturated carbocycles. The molecule has 2 heteroatoms. The molecule has 1 aromatic carbocycles. The van der Waals surface area contributed by atoms with E-state index >= 15 is 0 Å². The quantitative estimate of drug-likeness (QED) is 0.732. The lowest BCUT2D eigenvalue weighted by molar-refractivity contribution is 0.402. The zero-order valence-electron chi connectivity index (χ0n) is 12.3. The third-order valence-corrected chi connectivity index (χ3v) is 3.45. The Bertz CT molecular complexity index is 374. The summed E-state index contributed by atoms with van der Waals surface area (Å²) >= 11 is 0. The van der Waals surface area contributed by atoms with Gasteiger partial charge in [-0.1, -0.05) is 38.7 Å². The summed E-state index contributed by atoms with van der Waals surface area (Å²) in [4.78, 5) is 0. The lowest BCUT2D eigenvalue weighted by atomic mass is 9.94. The smallest absolute Gasteiger partial charge is 0.124 e. The highest BCUT2D eigenvalue weighted by atomic mass is 16.5. The van der Waals surface area contributed by atoms with E-state index in [1.54, 1.807) is 7.11 Å². The molecular formula is C16H27NO. The SMILES string of the molecule is CCCCCCC(N)c1c(C)cc(C)cc1OC. The molecule has 0 heterocycles. The molecule has 2 nitrogen and oxygen atoms in total. The van der Waals surface area contributed by atoms with Gasteiger partial charge in [0, 0.05) is 11.6 Å². The standard InChI is InChI=1S/C16H27NO/c1-5-6-7-8-9-14(17)16-13(3)10-12(2)11-15(16)18-4/h10-11,14H,5-9,17H2,1-4H3. The van der Waals surface area contributed by atoms with Gasteiger partial charge < -0.3 is 10.5 Å². The molecule has 0 fully saturated rings. The summed E-state index contributed by atoms with van der Waals surface area (Å²) in [6.45, 7) is 6.44. The first kappa shape index (κ1) is 15.0. The first-order valence-electron chi connectivity index (χ1n) is 7.00. The van der Waals surface area contributed by atoms with E-state index < -0.39 is 0 Å². The van der Waals surface area contributed by atoms with E-state index in [2.05, 4.69) is 32.9 Å². The molecule has 1 atom stereocenters. The van der Waals surface area contributed by atoms with Gasteiger partial charge in [-0.3, -0.25) is 0 Å². The van der Waals surface area contributed by atoms with Crippen LogP contribution in [0.4, 0.5) is 0 Å². The molecule has 0 aromatic heterocycles. The van der Waals surface area contributed by atoms with E-state index in [1.165, 1.54) is 42.4 Å². The molecule has 0 amide bonds. The summed E-state index contributed by atoms with van der Waals surface area (Å²) in [7, 11) is 1.72. The Morgan fingerprint density at radius 1 is 1.17 bits per heavy atom. The van der Waals surface area contributed by atoms with Crippen LogP contribution in [0.15, 0.2) is 12.1 Å². The highest BCUT2D eigenvalue weighted by molar-refractivity contribution is 5.44. The van der Waals surface area contributed by atoms with Crippen molar-refractivity contribution in [1.29, 1.82) is 0 Å². The summed E-state index contributed by atoms with van der Waals surface area (Å²) in [5.41, 5.74) is 9.98. The maximum absolute atomic E-state index is 6.32. The Balaban J connectivity index is 2.74. The molecule has 0 aliphatic carbocycles. The molecule has 2 N–H and O–H groups in total. The van der Waals surface area contributed by atoms with Crippen molar-refractivity contribution >= 4 is 0 Å². The average Bonchev–Trinajstić information content (AvgIpc) is 2.33. The number of unbranched alkanes of at least 4 members (excludes halogenated alkanes) is 3. The number of hydrogen-bond acceptors (Lipinski definition) is 2. The first-order valence-corrected chi connectivity index (χ1v) is 7.00. The number of aryl methyl sites for hydroxylation is 2. The third-order valence-electron chi connectivity index (χ3n) is 3.45. The number of methoxy groups -OCH3 is 1. The van der Waals surface area contributed by atoms with Gasteiger partial charge in [0.2, 0.25) is 0 Å². The molecule has 0 aliphatic heterocycles. The number of hydrogen-bond donors (Lipinski definition) is 1. The summed E-state index contributed by atoms with van der Waals surface area (Å²) in [6, 6.07) is 4.36. The fourth-order valence-corrected chi connectivity index (χ4v) is 2.52. The lowest BCUT2D eigenvalue weighted by Gasteiger charge is -2.19. The minimum absolute atomic E-state index is 0.0948. The molecule has 1 aromatic rings. The lowest BCUT2D eigenvalue weighted by Crippen LogP contribution is -2.13. The summed E-state index contributed by atoms with van der Waals surface area (Å²) < 4.78 is 5.48. The van der Waals surface area contributed by atoms with Gasteiger partial charge in [0.15, 0.2) is 0 Å². The number of nitrogens with two attached hydrogens (primary N) is 1. The van der Waals surface area contributed by atoms with Gasteiger partial charge >= 0.3 is 0 Å². The molecule has 0 aliphatic rings. The second-order valence-electron chi connectivity index (χ2n) is 5.15. The Kier molecular flexibility index (Phi) is 6.20. The van der Waals surface area contributed by atoms with E-state index in [0.29, 0.717) is 0 Å². The van der Waals surface area contributed by atoms with Crippen molar-refractivity contribution in [2.45, 2.75) is 58.9 Å². The van der Waals surface area contributed by atoms with Gasteiger partial charge in [-0.15, -0.1) is 0 Å². The van der Waals surface area contributed by atoms with Crippen molar-refractivity contribution < 1.29 is 4.74 Å². The molecular weight excluding hydrogens is 222 g/mol. The van der Waals surface area contributed by atoms with Crippen LogP contribution in [0.3, 0.4) is 0 Å². The van der Waals surface area contributed by atoms with Crippen LogP contribution in [0.2, 0.25) is 0 Å². The average molecular weight is 249 g/mol. The van der Waals surface area contributed by atoms with Gasteiger partial charge in [-0.25, -0.2) is 0 Å². The van der Waals surface area contributed by atoms with Gasteiger partial charge in [0.1, 0.15) is 5.75 Å². The Morgan fingerprint density at radius 3 is 2.50 bits per heavy atom. The Hall–Kier alpha value is -1.02. The van der Waals surface area contributed by atoms with Crippen molar-refractivity contribution in [3.8, 4) is 5.75 Å². The third kappa shape index (κ3) is 4.02. The minimum atomic E-state index is 0.0948. The molecule has 0 saturated heterocycles. The van der Waals surface area contributed by atoms with Gasteiger partial charge in [-0.05, 0) is 37.5 Å². The van der Waals surface area contributed by atoms with E-state index in [9.17, 15) is 0 Å². The first-order chi connectivity index (χ1) is 8.60. The van der Waals surface area contributed by atoms with Crippen LogP contribution in [0.25, 0.3) is 0 Å². The van der Waals surface area contributed by atoms with Crippen LogP contribution in [-0.2, 0) is 0 Å². The van der Waals surface area contributed by atoms with E-state index in [-0.39, 0.29) is 6.04 Å². The molecule has 0 spiro atoms. The van der Waals surface area contributed by atoms with Crippen molar-refractivity contribution in [3.05, 3.63) is 28.8 Å². The topological polar surface area (TPSA) is 35.2 Å². The second-order valence-corrected chi connectivity index (χ2v) is 5.15. The Morgan fingerprint density at radius 2 is 1.89 bits per heavy atom. The van der Waals surface area contributed by atoms with E-state index in [1.807, 2.05) is 0 Å². The maximum Gasteiger partial charge on any atom is 0.124 e. The zero-order chi connectivity index (χ0) is 13.5. The molecule has 18 heavy (non-hydrogen) atoms. The van der Waals surface area contributed by atoms with Gasteiger partial charge in [-0.2, -0.15) is 0 Å². The van der Waals surface area contributed by atoms with E-state index in [4.69, 9.17) is 10.5 Å². The minimum Gasteiger partial charge on any atom is -0.496 e. The number of ether oxygens (including phenoxy) is 1. The van der Waals surface area contributed by atoms with Crippen LogP contribution in [0.1, 0.15) is 61.8 Å². The molecule has 1 unspecified atom stereocenters. The maximum atomic E-state index is 6.32. The van der Waals surface area contributed by atoms with Crippen molar-refractivity contribution in [3.63, 3.8) is 0 Å². The molecule has 0 radical (unpaired) electrons. The second kappa shape index (κ2) is 7.42. The molecule has 0 bridgehead atoms. The summed E-state index contributed by atoms with van der Waals surface area (Å²) in [5, 5.41) is 0. The largest absolute Gasteiger partial charge is 0.496 e. The monoisotopic (exact) mass is 249 g/mol. The Labute approximate surface area is 112 Å². The van der Waals surface area contributed by atoms with Crippen LogP contribution < -0.4 is 10.5 Å². The predicted molar refractivity (Wildman–Crippen MR) is 78.2 cm³/mol. The van der Waals surface area contributed by atoms with Crippen LogP contribution in [0, 0.1) is 13.8 Å². The van der Waals surface area contributed by atoms with Gasteiger partial charge in [0.05, 0.1) is 7.11 Å². The van der Waals surface area contributed by atoms with Crippen molar-refractivity contribution in [2.75, 3.05) is 7.11 Å². The van der Waals surface area contributed by atoms with Gasteiger partial charge in [0.25, 0.3) is 0 Å². The molecule has 1 rings (SSSR count). The van der Waals surface area contributed by atoms with Crippen LogP contribution in [0.5, 0.6) is 5.75 Å². The van der Waals surface area contributed by atoms with Crippen molar-refractivity contribution in [1.82, 2.24) is 0 Å². The highest BCUT2D eigenvalue weighted by Crippen LogP contribution is 2.31. The number of benzene rings is 1. The highest BCUT2D eigenvalue weighted by Gasteiger charge is 2.15. The van der Waals surface area contributed by atoms with Crippen LogP contribution >= 0.6 is 0 Å². The zero-order valence-corrected chi connectivity index (χ0v) is 12.3. The number of rotatable bonds is 7. The fraction of sp³-hybridized carbons (Fsp3) is 0.625. The normalized spacial score (nSPS) is 12.5. The van der Waals surface area contributed by atoms with Crippen LogP contribution in [-0.4, -0.2) is 7.11 Å². The van der Waals surface area contributed by atoms with Crippen molar-refractivity contribution in [2.24, 2.45) is 5.73 Å². The van der Waals surface area contributed by atoms with E-state index in [0.717, 1.165) is 12.2 Å². The molecule has 102 valence electrons. The summed E-state index contributed by atoms with van der Waals surface area (Å²) in [5.74, 6) is 0.940. The fourth-order valence-electron chi connectivity index (χ4n) is 2.52.